The Morgan fingerprint density at radius 2 is 2.16 bits per heavy atom. The Morgan fingerprint density at radius 1 is 1.40 bits per heavy atom. The van der Waals surface area contributed by atoms with Gasteiger partial charge in [-0.15, -0.1) is 0 Å². The van der Waals surface area contributed by atoms with Crippen molar-refractivity contribution in [2.24, 2.45) is 5.10 Å². The number of carbonyl (C=O) groups is 1. The van der Waals surface area contributed by atoms with Gasteiger partial charge >= 0.3 is 0 Å². The molecule has 0 unspecified atom stereocenters. The second-order valence-corrected chi connectivity index (χ2v) is 5.77. The van der Waals surface area contributed by atoms with E-state index < -0.39 is 11.7 Å². The molecule has 25 heavy (non-hydrogen) atoms. The van der Waals surface area contributed by atoms with Crippen molar-refractivity contribution in [2.45, 2.75) is 26.4 Å². The molecule has 0 spiro atoms. The number of rotatable bonds is 5. The van der Waals surface area contributed by atoms with Crippen molar-refractivity contribution in [3.63, 3.8) is 0 Å². The zero-order valence-corrected chi connectivity index (χ0v) is 14.1. The lowest BCUT2D eigenvalue weighted by Gasteiger charge is -2.09. The molecule has 0 radical (unpaired) electrons. The van der Waals surface area contributed by atoms with Crippen LogP contribution < -0.4 is 14.9 Å². The lowest BCUT2D eigenvalue weighted by Crippen LogP contribution is -2.17. The predicted molar refractivity (Wildman–Crippen MR) is 92.9 cm³/mol. The van der Waals surface area contributed by atoms with Crippen molar-refractivity contribution in [3.8, 4) is 11.5 Å². The molecule has 1 atom stereocenters. The van der Waals surface area contributed by atoms with Crippen LogP contribution in [0, 0.1) is 5.82 Å². The molecule has 6 heteroatoms. The van der Waals surface area contributed by atoms with Crippen LogP contribution in [0.1, 0.15) is 35.3 Å². The number of carbonyl (C=O) groups excluding carboxylic acids is 1. The Kier molecular flexibility index (Phi) is 4.97. The number of nitrogens with zero attached hydrogens (tertiary/aromatic N) is 1. The first-order chi connectivity index (χ1) is 12.1. The molecule has 0 fully saturated rings. The van der Waals surface area contributed by atoms with Crippen molar-refractivity contribution < 1.29 is 18.7 Å². The van der Waals surface area contributed by atoms with Crippen LogP contribution in [0.3, 0.4) is 0 Å². The van der Waals surface area contributed by atoms with Crippen molar-refractivity contribution in [1.82, 2.24) is 5.43 Å². The van der Waals surface area contributed by atoms with Crippen LogP contribution in [-0.4, -0.2) is 24.8 Å². The average molecular weight is 342 g/mol. The highest BCUT2D eigenvalue weighted by molar-refractivity contribution is 5.95. The van der Waals surface area contributed by atoms with Crippen LogP contribution in [0.15, 0.2) is 41.5 Å². The Morgan fingerprint density at radius 3 is 2.88 bits per heavy atom. The van der Waals surface area contributed by atoms with Crippen LogP contribution in [0.5, 0.6) is 11.5 Å². The number of benzene rings is 2. The SMILES string of the molecule is CCOc1cc2c(cc1/C=N\NC(=O)c1ccc(F)cc1)O[C@@H](C)C2. The summed E-state index contributed by atoms with van der Waals surface area (Å²) < 4.78 is 24.3. The molecule has 0 saturated heterocycles. The topological polar surface area (TPSA) is 59.9 Å². The van der Waals surface area contributed by atoms with Gasteiger partial charge in [0.2, 0.25) is 0 Å². The van der Waals surface area contributed by atoms with E-state index in [2.05, 4.69) is 10.5 Å². The minimum atomic E-state index is -0.416. The van der Waals surface area contributed by atoms with Gasteiger partial charge in [0.15, 0.2) is 0 Å². The number of hydrogen-bond acceptors (Lipinski definition) is 4. The van der Waals surface area contributed by atoms with Gasteiger partial charge in [-0.2, -0.15) is 5.10 Å². The molecule has 130 valence electrons. The second-order valence-electron chi connectivity index (χ2n) is 5.77. The van der Waals surface area contributed by atoms with Crippen molar-refractivity contribution in [3.05, 3.63) is 58.9 Å². The summed E-state index contributed by atoms with van der Waals surface area (Å²) in [4.78, 5) is 12.0. The van der Waals surface area contributed by atoms with E-state index >= 15 is 0 Å². The molecule has 1 aliphatic heterocycles. The Balaban J connectivity index is 1.75. The third-order valence-electron chi connectivity index (χ3n) is 3.80. The molecule has 1 N–H and O–H groups in total. The third-order valence-corrected chi connectivity index (χ3v) is 3.80. The number of ether oxygens (including phenoxy) is 2. The molecule has 0 saturated carbocycles. The van der Waals surface area contributed by atoms with Gasteiger partial charge < -0.3 is 9.47 Å². The summed E-state index contributed by atoms with van der Waals surface area (Å²) in [6, 6.07) is 9.06. The summed E-state index contributed by atoms with van der Waals surface area (Å²) in [6.45, 7) is 4.44. The predicted octanol–water partition coefficient (Wildman–Crippen LogP) is 3.31. The maximum absolute atomic E-state index is 12.9. The molecule has 1 amide bonds. The zero-order chi connectivity index (χ0) is 17.8. The van der Waals surface area contributed by atoms with Crippen LogP contribution in [0.4, 0.5) is 4.39 Å². The molecule has 3 rings (SSSR count). The summed E-state index contributed by atoms with van der Waals surface area (Å²) in [5.41, 5.74) is 4.57. The van der Waals surface area contributed by atoms with Crippen molar-refractivity contribution >= 4 is 12.1 Å². The van der Waals surface area contributed by atoms with Gasteiger partial charge in [0.25, 0.3) is 5.91 Å². The maximum atomic E-state index is 12.9. The van der Waals surface area contributed by atoms with E-state index in [-0.39, 0.29) is 6.10 Å². The third kappa shape index (κ3) is 3.96. The number of halogens is 1. The highest BCUT2D eigenvalue weighted by atomic mass is 19.1. The van der Waals surface area contributed by atoms with Gasteiger partial charge in [0.1, 0.15) is 23.4 Å². The van der Waals surface area contributed by atoms with Gasteiger partial charge in [-0.25, -0.2) is 9.82 Å². The number of nitrogens with one attached hydrogen (secondary N) is 1. The first-order valence-corrected chi connectivity index (χ1v) is 8.12. The molecule has 0 aromatic heterocycles. The first kappa shape index (κ1) is 17.0. The monoisotopic (exact) mass is 342 g/mol. The van der Waals surface area contributed by atoms with E-state index in [1.807, 2.05) is 26.0 Å². The number of hydrazone groups is 1. The molecule has 0 aliphatic carbocycles. The minimum absolute atomic E-state index is 0.134. The maximum Gasteiger partial charge on any atom is 0.271 e. The van der Waals surface area contributed by atoms with Crippen molar-refractivity contribution in [1.29, 1.82) is 0 Å². The molecule has 2 aromatic carbocycles. The van der Waals surface area contributed by atoms with E-state index in [0.717, 1.165) is 17.7 Å². The fraction of sp³-hybridized carbons (Fsp3) is 0.263. The number of fused-ring (bicyclic) bond motifs is 1. The Labute approximate surface area is 145 Å². The molecule has 0 bridgehead atoms. The molecular weight excluding hydrogens is 323 g/mol. The number of amides is 1. The van der Waals surface area contributed by atoms with Gasteiger partial charge in [0.05, 0.1) is 12.8 Å². The summed E-state index contributed by atoms with van der Waals surface area (Å²) in [6.07, 6.45) is 2.49. The van der Waals surface area contributed by atoms with Gasteiger partial charge in [-0.1, -0.05) is 0 Å². The first-order valence-electron chi connectivity index (χ1n) is 8.12. The molecule has 1 aliphatic rings. The summed E-state index contributed by atoms with van der Waals surface area (Å²) >= 11 is 0. The lowest BCUT2D eigenvalue weighted by atomic mass is 10.1. The molecular formula is C19H19FN2O3. The fourth-order valence-electron chi connectivity index (χ4n) is 2.66. The highest BCUT2D eigenvalue weighted by Gasteiger charge is 2.21. The highest BCUT2D eigenvalue weighted by Crippen LogP contribution is 2.34. The van der Waals surface area contributed by atoms with Gasteiger partial charge in [-0.05, 0) is 50.2 Å². The van der Waals surface area contributed by atoms with E-state index in [9.17, 15) is 9.18 Å². The molecule has 2 aromatic rings. The zero-order valence-electron chi connectivity index (χ0n) is 14.1. The van der Waals surface area contributed by atoms with E-state index in [4.69, 9.17) is 9.47 Å². The quantitative estimate of drug-likeness (QED) is 0.670. The number of hydrogen-bond donors (Lipinski definition) is 1. The average Bonchev–Trinajstić information content (AvgIpc) is 2.94. The Bertz CT molecular complexity index is 803. The molecule has 1 heterocycles. The largest absolute Gasteiger partial charge is 0.493 e. The standard InChI is InChI=1S/C19H19FN2O3/c1-3-24-17-9-14-8-12(2)25-18(14)10-15(17)11-21-22-19(23)13-4-6-16(20)7-5-13/h4-7,9-12H,3,8H2,1-2H3,(H,22,23)/b21-11-/t12-/m0/s1. The fourth-order valence-corrected chi connectivity index (χ4v) is 2.66. The summed E-state index contributed by atoms with van der Waals surface area (Å²) in [5, 5.41) is 3.97. The Hall–Kier alpha value is -2.89. The van der Waals surface area contributed by atoms with E-state index in [1.165, 1.54) is 30.5 Å². The van der Waals surface area contributed by atoms with Crippen LogP contribution in [0.25, 0.3) is 0 Å². The van der Waals surface area contributed by atoms with Crippen LogP contribution in [-0.2, 0) is 6.42 Å². The summed E-state index contributed by atoms with van der Waals surface area (Å²) in [7, 11) is 0. The van der Waals surface area contributed by atoms with Crippen molar-refractivity contribution in [2.75, 3.05) is 6.61 Å². The van der Waals surface area contributed by atoms with E-state index in [1.54, 1.807) is 0 Å². The lowest BCUT2D eigenvalue weighted by molar-refractivity contribution is 0.0955. The summed E-state index contributed by atoms with van der Waals surface area (Å²) in [5.74, 6) is 0.690. The van der Waals surface area contributed by atoms with E-state index in [0.29, 0.717) is 23.5 Å². The normalized spacial score (nSPS) is 15.7. The van der Waals surface area contributed by atoms with Gasteiger partial charge in [0, 0.05) is 23.1 Å². The smallest absolute Gasteiger partial charge is 0.271 e. The van der Waals surface area contributed by atoms with Crippen LogP contribution >= 0.6 is 0 Å². The van der Waals surface area contributed by atoms with Gasteiger partial charge in [-0.3, -0.25) is 4.79 Å². The molecule has 5 nitrogen and oxygen atoms in total. The second kappa shape index (κ2) is 7.34. The minimum Gasteiger partial charge on any atom is -0.493 e. The van der Waals surface area contributed by atoms with Crippen LogP contribution in [0.2, 0.25) is 0 Å².